The van der Waals surface area contributed by atoms with Crippen LogP contribution in [0.25, 0.3) is 0 Å². The van der Waals surface area contributed by atoms with Gasteiger partial charge < -0.3 is 10.5 Å². The van der Waals surface area contributed by atoms with Gasteiger partial charge >= 0.3 is 0 Å². The standard InChI is InChI=1S/C12H16ClNO/c13-11-3-1-2-9(6-11)7-12(14)10-4-5-15-8-10/h1-3,6,10,12H,4-5,7-8,14H2. The third-order valence-corrected chi connectivity index (χ3v) is 3.17. The molecule has 1 aliphatic heterocycles. The zero-order valence-electron chi connectivity index (χ0n) is 8.66. The van der Waals surface area contributed by atoms with Crippen molar-refractivity contribution in [1.82, 2.24) is 0 Å². The molecule has 82 valence electrons. The summed E-state index contributed by atoms with van der Waals surface area (Å²) in [5.41, 5.74) is 7.35. The van der Waals surface area contributed by atoms with Gasteiger partial charge in [0.05, 0.1) is 6.61 Å². The molecule has 1 saturated heterocycles. The number of nitrogens with two attached hydrogens (primary N) is 1. The molecule has 1 fully saturated rings. The number of rotatable bonds is 3. The van der Waals surface area contributed by atoms with E-state index < -0.39 is 0 Å². The van der Waals surface area contributed by atoms with E-state index in [0.29, 0.717) is 5.92 Å². The summed E-state index contributed by atoms with van der Waals surface area (Å²) in [5, 5.41) is 0.780. The predicted octanol–water partition coefficient (Wildman–Crippen LogP) is 2.25. The smallest absolute Gasteiger partial charge is 0.0510 e. The highest BCUT2D eigenvalue weighted by molar-refractivity contribution is 6.30. The quantitative estimate of drug-likeness (QED) is 0.857. The van der Waals surface area contributed by atoms with Crippen LogP contribution in [-0.2, 0) is 11.2 Å². The van der Waals surface area contributed by atoms with Gasteiger partial charge in [-0.25, -0.2) is 0 Å². The third kappa shape index (κ3) is 2.94. The molecule has 3 heteroatoms. The Kier molecular flexibility index (Phi) is 3.62. The summed E-state index contributed by atoms with van der Waals surface area (Å²) in [6, 6.07) is 8.09. The molecular formula is C12H16ClNO. The summed E-state index contributed by atoms with van der Waals surface area (Å²) >= 11 is 5.92. The summed E-state index contributed by atoms with van der Waals surface area (Å²) < 4.78 is 5.33. The van der Waals surface area contributed by atoms with Crippen LogP contribution >= 0.6 is 11.6 Å². The van der Waals surface area contributed by atoms with E-state index in [9.17, 15) is 0 Å². The van der Waals surface area contributed by atoms with Crippen LogP contribution in [0.3, 0.4) is 0 Å². The second-order valence-electron chi connectivity index (χ2n) is 4.12. The molecule has 0 aromatic heterocycles. The molecule has 1 aromatic carbocycles. The molecule has 0 amide bonds. The van der Waals surface area contributed by atoms with Crippen LogP contribution in [0.2, 0.25) is 5.02 Å². The molecule has 0 radical (unpaired) electrons. The summed E-state index contributed by atoms with van der Waals surface area (Å²) in [6.07, 6.45) is 1.97. The van der Waals surface area contributed by atoms with Crippen molar-refractivity contribution in [2.75, 3.05) is 13.2 Å². The van der Waals surface area contributed by atoms with Gasteiger partial charge in [0.2, 0.25) is 0 Å². The average molecular weight is 226 g/mol. The summed E-state index contributed by atoms with van der Waals surface area (Å²) in [7, 11) is 0. The van der Waals surface area contributed by atoms with Gasteiger partial charge in [0.15, 0.2) is 0 Å². The lowest BCUT2D eigenvalue weighted by molar-refractivity contribution is 0.180. The minimum Gasteiger partial charge on any atom is -0.381 e. The molecule has 0 spiro atoms. The zero-order valence-corrected chi connectivity index (χ0v) is 9.41. The van der Waals surface area contributed by atoms with E-state index in [1.807, 2.05) is 18.2 Å². The largest absolute Gasteiger partial charge is 0.381 e. The molecular weight excluding hydrogens is 210 g/mol. The Morgan fingerprint density at radius 1 is 1.53 bits per heavy atom. The van der Waals surface area contributed by atoms with Crippen LogP contribution in [0.4, 0.5) is 0 Å². The fraction of sp³-hybridized carbons (Fsp3) is 0.500. The van der Waals surface area contributed by atoms with Gasteiger partial charge in [-0.1, -0.05) is 23.7 Å². The Morgan fingerprint density at radius 3 is 3.07 bits per heavy atom. The predicted molar refractivity (Wildman–Crippen MR) is 62.1 cm³/mol. The topological polar surface area (TPSA) is 35.2 Å². The van der Waals surface area contributed by atoms with E-state index >= 15 is 0 Å². The Balaban J connectivity index is 1.95. The highest BCUT2D eigenvalue weighted by Gasteiger charge is 2.22. The number of benzene rings is 1. The lowest BCUT2D eigenvalue weighted by Gasteiger charge is -2.17. The first kappa shape index (κ1) is 10.9. The highest BCUT2D eigenvalue weighted by atomic mass is 35.5. The van der Waals surface area contributed by atoms with Gasteiger partial charge in [-0.2, -0.15) is 0 Å². The van der Waals surface area contributed by atoms with Crippen molar-refractivity contribution in [3.8, 4) is 0 Å². The lowest BCUT2D eigenvalue weighted by atomic mass is 9.94. The molecule has 0 saturated carbocycles. The van der Waals surface area contributed by atoms with Crippen LogP contribution in [0.1, 0.15) is 12.0 Å². The first-order valence-corrected chi connectivity index (χ1v) is 5.71. The van der Waals surface area contributed by atoms with Crippen LogP contribution in [0.5, 0.6) is 0 Å². The van der Waals surface area contributed by atoms with Crippen molar-refractivity contribution in [3.63, 3.8) is 0 Å². The van der Waals surface area contributed by atoms with Crippen LogP contribution in [0, 0.1) is 5.92 Å². The monoisotopic (exact) mass is 225 g/mol. The van der Waals surface area contributed by atoms with Crippen molar-refractivity contribution in [3.05, 3.63) is 34.9 Å². The van der Waals surface area contributed by atoms with E-state index in [0.717, 1.165) is 31.1 Å². The number of hydrogen-bond acceptors (Lipinski definition) is 2. The lowest BCUT2D eigenvalue weighted by Crippen LogP contribution is -2.32. The van der Waals surface area contributed by atoms with Gasteiger partial charge in [-0.3, -0.25) is 0 Å². The molecule has 2 N–H and O–H groups in total. The van der Waals surface area contributed by atoms with Crippen molar-refractivity contribution in [2.24, 2.45) is 11.7 Å². The van der Waals surface area contributed by atoms with Crippen molar-refractivity contribution in [1.29, 1.82) is 0 Å². The number of halogens is 1. The SMILES string of the molecule is NC(Cc1cccc(Cl)c1)C1CCOC1. The van der Waals surface area contributed by atoms with Crippen LogP contribution < -0.4 is 5.73 Å². The second-order valence-corrected chi connectivity index (χ2v) is 4.56. The first-order valence-electron chi connectivity index (χ1n) is 5.33. The normalized spacial score (nSPS) is 22.9. The van der Waals surface area contributed by atoms with Crippen LogP contribution in [0.15, 0.2) is 24.3 Å². The minimum absolute atomic E-state index is 0.186. The molecule has 1 aliphatic rings. The Bertz CT molecular complexity index is 323. The molecule has 0 bridgehead atoms. The molecule has 1 aromatic rings. The maximum absolute atomic E-state index is 6.14. The molecule has 2 atom stereocenters. The maximum Gasteiger partial charge on any atom is 0.0510 e. The Hall–Kier alpha value is -0.570. The Labute approximate surface area is 95.4 Å². The average Bonchev–Trinajstić information content (AvgIpc) is 2.70. The van der Waals surface area contributed by atoms with Gasteiger partial charge in [0, 0.05) is 17.7 Å². The van der Waals surface area contributed by atoms with E-state index in [-0.39, 0.29) is 6.04 Å². The van der Waals surface area contributed by atoms with Crippen molar-refractivity contribution < 1.29 is 4.74 Å². The minimum atomic E-state index is 0.186. The first-order chi connectivity index (χ1) is 7.25. The van der Waals surface area contributed by atoms with Gasteiger partial charge in [0.1, 0.15) is 0 Å². The van der Waals surface area contributed by atoms with E-state index in [1.54, 1.807) is 0 Å². The fourth-order valence-electron chi connectivity index (χ4n) is 1.99. The van der Waals surface area contributed by atoms with E-state index in [1.165, 1.54) is 5.56 Å². The van der Waals surface area contributed by atoms with E-state index in [4.69, 9.17) is 22.1 Å². The Morgan fingerprint density at radius 2 is 2.40 bits per heavy atom. The third-order valence-electron chi connectivity index (χ3n) is 2.93. The second kappa shape index (κ2) is 4.97. The highest BCUT2D eigenvalue weighted by Crippen LogP contribution is 2.19. The molecule has 1 heterocycles. The van der Waals surface area contributed by atoms with Crippen molar-refractivity contribution >= 4 is 11.6 Å². The van der Waals surface area contributed by atoms with Gasteiger partial charge in [-0.15, -0.1) is 0 Å². The van der Waals surface area contributed by atoms with E-state index in [2.05, 4.69) is 6.07 Å². The number of hydrogen-bond donors (Lipinski definition) is 1. The maximum atomic E-state index is 6.14. The number of ether oxygens (including phenoxy) is 1. The van der Waals surface area contributed by atoms with Crippen molar-refractivity contribution in [2.45, 2.75) is 18.9 Å². The van der Waals surface area contributed by atoms with Gasteiger partial charge in [-0.05, 0) is 36.5 Å². The van der Waals surface area contributed by atoms with Gasteiger partial charge in [0.25, 0.3) is 0 Å². The summed E-state index contributed by atoms with van der Waals surface area (Å²) in [4.78, 5) is 0. The molecule has 2 nitrogen and oxygen atoms in total. The molecule has 2 unspecified atom stereocenters. The molecule has 15 heavy (non-hydrogen) atoms. The zero-order chi connectivity index (χ0) is 10.7. The summed E-state index contributed by atoms with van der Waals surface area (Å²) in [6.45, 7) is 1.66. The fourth-order valence-corrected chi connectivity index (χ4v) is 2.21. The molecule has 2 rings (SSSR count). The molecule has 0 aliphatic carbocycles. The van der Waals surface area contributed by atoms with Crippen LogP contribution in [-0.4, -0.2) is 19.3 Å². The summed E-state index contributed by atoms with van der Waals surface area (Å²) in [5.74, 6) is 0.504.